The number of halogens is 2. The van der Waals surface area contributed by atoms with Crippen LogP contribution >= 0.6 is 23.2 Å². The molecular weight excluding hydrogens is 521 g/mol. The van der Waals surface area contributed by atoms with E-state index < -0.39 is 0 Å². The summed E-state index contributed by atoms with van der Waals surface area (Å²) in [5, 5.41) is 4.23. The highest BCUT2D eigenvalue weighted by molar-refractivity contribution is 6.31. The number of carbonyl (C=O) groups is 2. The molecule has 1 aliphatic rings. The minimum absolute atomic E-state index is 0.00909. The number of carbonyl (C=O) groups excluding carboxylic acids is 2. The molecule has 0 atom stereocenters. The molecule has 0 bridgehead atoms. The van der Waals surface area contributed by atoms with Gasteiger partial charge in [0.05, 0.1) is 11.4 Å². The topological polar surface area (TPSA) is 65.8 Å². The maximum atomic E-state index is 12.8. The van der Waals surface area contributed by atoms with Crippen molar-refractivity contribution >= 4 is 52.5 Å². The minimum Gasteiger partial charge on any atom is -0.457 e. The van der Waals surface area contributed by atoms with Gasteiger partial charge in [-0.05, 0) is 78.9 Å². The van der Waals surface area contributed by atoms with Crippen molar-refractivity contribution in [2.75, 3.05) is 36.4 Å². The van der Waals surface area contributed by atoms with Crippen LogP contribution in [0.4, 0.5) is 11.4 Å². The summed E-state index contributed by atoms with van der Waals surface area (Å²) in [6.07, 6.45) is 3.09. The Morgan fingerprint density at radius 1 is 0.789 bits per heavy atom. The summed E-state index contributed by atoms with van der Waals surface area (Å²) in [6, 6.07) is 25.6. The molecule has 2 heterocycles. The highest BCUT2D eigenvalue weighted by Crippen LogP contribution is 2.28. The summed E-state index contributed by atoms with van der Waals surface area (Å²) in [5.41, 5.74) is 3.15. The molecule has 4 aromatic rings. The van der Waals surface area contributed by atoms with Gasteiger partial charge >= 0.3 is 0 Å². The van der Waals surface area contributed by atoms with Gasteiger partial charge < -0.3 is 19.5 Å². The lowest BCUT2D eigenvalue weighted by Gasteiger charge is -2.37. The molecule has 1 fully saturated rings. The van der Waals surface area contributed by atoms with Crippen LogP contribution in [-0.2, 0) is 4.79 Å². The number of piperazine rings is 1. The Morgan fingerprint density at radius 3 is 2.16 bits per heavy atom. The number of amides is 2. The maximum Gasteiger partial charge on any atom is 0.253 e. The highest BCUT2D eigenvalue weighted by atomic mass is 35.5. The van der Waals surface area contributed by atoms with Gasteiger partial charge in [-0.25, -0.2) is 0 Å². The van der Waals surface area contributed by atoms with E-state index >= 15 is 0 Å². The Kier molecular flexibility index (Phi) is 7.82. The molecule has 8 heteroatoms. The third-order valence-corrected chi connectivity index (χ3v) is 6.82. The Balaban J connectivity index is 1.20. The zero-order valence-corrected chi connectivity index (χ0v) is 22.0. The van der Waals surface area contributed by atoms with Crippen molar-refractivity contribution in [1.29, 1.82) is 0 Å². The average Bonchev–Trinajstić information content (AvgIpc) is 3.42. The fourth-order valence-corrected chi connectivity index (χ4v) is 4.58. The van der Waals surface area contributed by atoms with Crippen LogP contribution in [0.3, 0.4) is 0 Å². The number of nitrogens with zero attached hydrogens (tertiary/aromatic N) is 2. The second-order valence-electron chi connectivity index (χ2n) is 8.83. The Hall–Kier alpha value is -4.00. The summed E-state index contributed by atoms with van der Waals surface area (Å²) >= 11 is 11.9. The fourth-order valence-electron chi connectivity index (χ4n) is 4.32. The third kappa shape index (κ3) is 6.10. The predicted octanol–water partition coefficient (Wildman–Crippen LogP) is 6.87. The smallest absolute Gasteiger partial charge is 0.253 e. The third-order valence-electron chi connectivity index (χ3n) is 6.32. The second kappa shape index (κ2) is 11.6. The minimum atomic E-state index is -0.265. The summed E-state index contributed by atoms with van der Waals surface area (Å²) in [7, 11) is 0. The summed E-state index contributed by atoms with van der Waals surface area (Å²) in [4.78, 5) is 29.6. The first-order valence-corrected chi connectivity index (χ1v) is 13.0. The van der Waals surface area contributed by atoms with Gasteiger partial charge in [0.15, 0.2) is 0 Å². The summed E-state index contributed by atoms with van der Waals surface area (Å²) < 4.78 is 5.84. The molecule has 1 N–H and O–H groups in total. The standard InChI is InChI=1S/C30H25Cl2N3O3/c31-23-9-5-21(6-10-23)28-15-13-25(38-28)14-16-29(36)33-26-3-1-2-4-27(26)34-17-19-35(20-18-34)30(37)22-7-11-24(32)12-8-22/h1-16H,17-20H2,(H,33,36). The molecule has 0 radical (unpaired) electrons. The van der Waals surface area contributed by atoms with E-state index in [2.05, 4.69) is 10.2 Å². The second-order valence-corrected chi connectivity index (χ2v) is 9.71. The van der Waals surface area contributed by atoms with Gasteiger partial charge in [0, 0.05) is 53.4 Å². The van der Waals surface area contributed by atoms with Crippen LogP contribution in [0.2, 0.25) is 10.0 Å². The van der Waals surface area contributed by atoms with Crippen molar-refractivity contribution in [2.24, 2.45) is 0 Å². The quantitative estimate of drug-likeness (QED) is 0.268. The summed E-state index contributed by atoms with van der Waals surface area (Å²) in [5.74, 6) is 0.990. The van der Waals surface area contributed by atoms with Gasteiger partial charge in [-0.3, -0.25) is 9.59 Å². The lowest BCUT2D eigenvalue weighted by molar-refractivity contribution is -0.111. The molecule has 0 unspecified atom stereocenters. The number of anilines is 2. The van der Waals surface area contributed by atoms with Gasteiger partial charge in [-0.15, -0.1) is 0 Å². The molecular formula is C30H25Cl2N3O3. The molecule has 1 aromatic heterocycles. The fraction of sp³-hybridized carbons (Fsp3) is 0.133. The van der Waals surface area contributed by atoms with Crippen molar-refractivity contribution in [2.45, 2.75) is 0 Å². The number of furan rings is 1. The Bertz CT molecular complexity index is 1450. The van der Waals surface area contributed by atoms with Crippen molar-refractivity contribution in [3.63, 3.8) is 0 Å². The van der Waals surface area contributed by atoms with Crippen molar-refractivity contribution < 1.29 is 14.0 Å². The van der Waals surface area contributed by atoms with Crippen molar-refractivity contribution in [3.05, 3.63) is 112 Å². The van der Waals surface area contributed by atoms with E-state index in [4.69, 9.17) is 27.6 Å². The van der Waals surface area contributed by atoms with E-state index in [9.17, 15) is 9.59 Å². The van der Waals surface area contributed by atoms with Crippen LogP contribution in [-0.4, -0.2) is 42.9 Å². The zero-order valence-electron chi connectivity index (χ0n) is 20.4. The van der Waals surface area contributed by atoms with Gasteiger partial charge in [0.25, 0.3) is 5.91 Å². The number of rotatable bonds is 6. The van der Waals surface area contributed by atoms with Crippen LogP contribution in [0.5, 0.6) is 0 Å². The van der Waals surface area contributed by atoms with Crippen molar-refractivity contribution in [3.8, 4) is 11.3 Å². The SMILES string of the molecule is O=C(C=Cc1ccc(-c2ccc(Cl)cc2)o1)Nc1ccccc1N1CCN(C(=O)c2ccc(Cl)cc2)CC1. The number of para-hydroxylation sites is 2. The first-order chi connectivity index (χ1) is 18.5. The molecule has 0 spiro atoms. The van der Waals surface area contributed by atoms with Gasteiger partial charge in [0.2, 0.25) is 5.91 Å². The van der Waals surface area contributed by atoms with Gasteiger partial charge in [-0.2, -0.15) is 0 Å². The number of hydrogen-bond acceptors (Lipinski definition) is 4. The van der Waals surface area contributed by atoms with E-state index in [0.29, 0.717) is 59.0 Å². The zero-order chi connectivity index (χ0) is 26.5. The number of nitrogens with one attached hydrogen (secondary N) is 1. The van der Waals surface area contributed by atoms with Crippen LogP contribution in [0.1, 0.15) is 16.1 Å². The van der Waals surface area contributed by atoms with Crippen LogP contribution in [0.15, 0.2) is 95.4 Å². The first-order valence-electron chi connectivity index (χ1n) is 12.2. The van der Waals surface area contributed by atoms with E-state index in [1.54, 1.807) is 42.5 Å². The van der Waals surface area contributed by atoms with Crippen LogP contribution in [0.25, 0.3) is 17.4 Å². The van der Waals surface area contributed by atoms with Gasteiger partial charge in [0.1, 0.15) is 11.5 Å². The molecule has 1 aliphatic heterocycles. The molecule has 5 rings (SSSR count). The lowest BCUT2D eigenvalue weighted by Crippen LogP contribution is -2.49. The molecule has 3 aromatic carbocycles. The molecule has 0 aliphatic carbocycles. The predicted molar refractivity (Wildman–Crippen MR) is 153 cm³/mol. The molecule has 0 saturated carbocycles. The first kappa shape index (κ1) is 25.6. The molecule has 38 heavy (non-hydrogen) atoms. The van der Waals surface area contributed by atoms with Gasteiger partial charge in [-0.1, -0.05) is 35.3 Å². The van der Waals surface area contributed by atoms with E-state index in [-0.39, 0.29) is 11.8 Å². The molecule has 6 nitrogen and oxygen atoms in total. The molecule has 192 valence electrons. The van der Waals surface area contributed by atoms with Crippen LogP contribution < -0.4 is 10.2 Å². The van der Waals surface area contributed by atoms with E-state index in [1.165, 1.54) is 6.08 Å². The largest absolute Gasteiger partial charge is 0.457 e. The molecule has 2 amide bonds. The highest BCUT2D eigenvalue weighted by Gasteiger charge is 2.23. The van der Waals surface area contributed by atoms with Crippen LogP contribution in [0, 0.1) is 0 Å². The average molecular weight is 546 g/mol. The van der Waals surface area contributed by atoms with E-state index in [1.807, 2.05) is 53.4 Å². The monoisotopic (exact) mass is 545 g/mol. The van der Waals surface area contributed by atoms with Crippen molar-refractivity contribution in [1.82, 2.24) is 4.90 Å². The Labute approximate surface area is 231 Å². The normalized spacial score (nSPS) is 13.6. The Morgan fingerprint density at radius 2 is 1.45 bits per heavy atom. The molecule has 1 saturated heterocycles. The van der Waals surface area contributed by atoms with E-state index in [0.717, 1.165) is 11.3 Å². The number of hydrogen-bond donors (Lipinski definition) is 1. The maximum absolute atomic E-state index is 12.8. The summed E-state index contributed by atoms with van der Waals surface area (Å²) in [6.45, 7) is 2.47. The lowest BCUT2D eigenvalue weighted by atomic mass is 10.1. The number of benzene rings is 3.